The number of pyridine rings is 1. The van der Waals surface area contributed by atoms with E-state index < -0.39 is 0 Å². The molecular formula is C17H12N4O. The van der Waals surface area contributed by atoms with Crippen LogP contribution in [-0.2, 0) is 0 Å². The van der Waals surface area contributed by atoms with E-state index in [0.29, 0.717) is 11.8 Å². The molecule has 3 aromatic heterocycles. The van der Waals surface area contributed by atoms with E-state index in [2.05, 4.69) is 15.0 Å². The Morgan fingerprint density at radius 1 is 0.818 bits per heavy atom. The number of hydrogen-bond acceptors (Lipinski definition) is 4. The maximum absolute atomic E-state index is 5.60. The number of hydrogen-bond donors (Lipinski definition) is 0. The van der Waals surface area contributed by atoms with Crippen molar-refractivity contribution in [3.8, 4) is 23.0 Å². The van der Waals surface area contributed by atoms with Crippen LogP contribution in [0.1, 0.15) is 0 Å². The normalized spacial score (nSPS) is 10.7. The number of rotatable bonds is 3. The third-order valence-electron chi connectivity index (χ3n) is 3.30. The maximum atomic E-state index is 5.60. The van der Waals surface area contributed by atoms with E-state index in [1.165, 1.54) is 0 Å². The van der Waals surface area contributed by atoms with Crippen molar-refractivity contribution < 1.29 is 4.74 Å². The lowest BCUT2D eigenvalue weighted by Crippen LogP contribution is -1.95. The molecule has 0 saturated carbocycles. The first-order valence-electron chi connectivity index (χ1n) is 6.87. The number of fused-ring (bicyclic) bond motifs is 1. The molecule has 3 heterocycles. The van der Waals surface area contributed by atoms with Gasteiger partial charge in [-0.05, 0) is 24.3 Å². The van der Waals surface area contributed by atoms with Crippen LogP contribution in [-0.4, -0.2) is 19.4 Å². The SMILES string of the molecule is c1ccc(Oc2ncc(-c3cccc4nccn34)cn2)cc1. The van der Waals surface area contributed by atoms with Crippen molar-refractivity contribution in [3.63, 3.8) is 0 Å². The number of imidazole rings is 1. The molecule has 0 spiro atoms. The lowest BCUT2D eigenvalue weighted by Gasteiger charge is -2.06. The van der Waals surface area contributed by atoms with Crippen LogP contribution in [0.15, 0.2) is 73.3 Å². The van der Waals surface area contributed by atoms with E-state index in [-0.39, 0.29) is 0 Å². The van der Waals surface area contributed by atoms with Gasteiger partial charge in [0.2, 0.25) is 0 Å². The van der Waals surface area contributed by atoms with Crippen LogP contribution < -0.4 is 4.74 Å². The van der Waals surface area contributed by atoms with Crippen LogP contribution in [0, 0.1) is 0 Å². The zero-order valence-electron chi connectivity index (χ0n) is 11.6. The summed E-state index contributed by atoms with van der Waals surface area (Å²) in [6, 6.07) is 15.7. The van der Waals surface area contributed by atoms with Gasteiger partial charge >= 0.3 is 6.01 Å². The Bertz CT molecular complexity index is 901. The summed E-state index contributed by atoms with van der Waals surface area (Å²) in [4.78, 5) is 12.8. The monoisotopic (exact) mass is 288 g/mol. The smallest absolute Gasteiger partial charge is 0.321 e. The predicted octanol–water partition coefficient (Wildman–Crippen LogP) is 3.58. The number of aromatic nitrogens is 4. The molecule has 0 aliphatic rings. The fourth-order valence-corrected chi connectivity index (χ4v) is 2.28. The van der Waals surface area contributed by atoms with E-state index in [1.54, 1.807) is 18.6 Å². The van der Waals surface area contributed by atoms with Crippen molar-refractivity contribution in [1.82, 2.24) is 19.4 Å². The van der Waals surface area contributed by atoms with Crippen LogP contribution in [0.2, 0.25) is 0 Å². The Balaban J connectivity index is 1.66. The molecule has 0 N–H and O–H groups in total. The summed E-state index contributed by atoms with van der Waals surface area (Å²) in [6.45, 7) is 0. The Labute approximate surface area is 126 Å². The molecule has 5 nitrogen and oxygen atoms in total. The minimum absolute atomic E-state index is 0.327. The molecular weight excluding hydrogens is 276 g/mol. The number of nitrogens with zero attached hydrogens (tertiary/aromatic N) is 4. The molecule has 0 radical (unpaired) electrons. The topological polar surface area (TPSA) is 52.3 Å². The lowest BCUT2D eigenvalue weighted by atomic mass is 10.2. The Hall–Kier alpha value is -3.21. The third-order valence-corrected chi connectivity index (χ3v) is 3.30. The molecule has 0 amide bonds. The molecule has 4 rings (SSSR count). The Morgan fingerprint density at radius 3 is 2.45 bits per heavy atom. The van der Waals surface area contributed by atoms with Gasteiger partial charge in [0, 0.05) is 30.4 Å². The minimum Gasteiger partial charge on any atom is -0.424 e. The maximum Gasteiger partial charge on any atom is 0.321 e. The second kappa shape index (κ2) is 5.29. The molecule has 0 aliphatic carbocycles. The molecule has 0 saturated heterocycles. The molecule has 0 aliphatic heterocycles. The quantitative estimate of drug-likeness (QED) is 0.578. The van der Waals surface area contributed by atoms with Crippen LogP contribution in [0.5, 0.6) is 11.8 Å². The van der Waals surface area contributed by atoms with Gasteiger partial charge in [0.15, 0.2) is 0 Å². The van der Waals surface area contributed by atoms with Gasteiger partial charge in [-0.25, -0.2) is 15.0 Å². The summed E-state index contributed by atoms with van der Waals surface area (Å²) < 4.78 is 7.60. The summed E-state index contributed by atoms with van der Waals surface area (Å²) >= 11 is 0. The summed E-state index contributed by atoms with van der Waals surface area (Å²) in [7, 11) is 0. The van der Waals surface area contributed by atoms with Crippen LogP contribution in [0.3, 0.4) is 0 Å². The number of benzene rings is 1. The fraction of sp³-hybridized carbons (Fsp3) is 0. The van der Waals surface area contributed by atoms with E-state index >= 15 is 0 Å². The van der Waals surface area contributed by atoms with E-state index in [1.807, 2.05) is 59.1 Å². The van der Waals surface area contributed by atoms with Gasteiger partial charge in [0.25, 0.3) is 0 Å². The number of para-hydroxylation sites is 1. The average molecular weight is 288 g/mol. The molecule has 22 heavy (non-hydrogen) atoms. The lowest BCUT2D eigenvalue weighted by molar-refractivity contribution is 0.442. The summed E-state index contributed by atoms with van der Waals surface area (Å²) in [5, 5.41) is 0. The van der Waals surface area contributed by atoms with E-state index in [9.17, 15) is 0 Å². The van der Waals surface area contributed by atoms with Gasteiger partial charge in [-0.15, -0.1) is 0 Å². The van der Waals surface area contributed by atoms with Crippen molar-refractivity contribution in [1.29, 1.82) is 0 Å². The highest BCUT2D eigenvalue weighted by Crippen LogP contribution is 2.21. The first-order chi connectivity index (χ1) is 10.9. The Kier molecular flexibility index (Phi) is 3.01. The second-order valence-electron chi connectivity index (χ2n) is 4.74. The highest BCUT2D eigenvalue weighted by atomic mass is 16.5. The van der Waals surface area contributed by atoms with Crippen molar-refractivity contribution >= 4 is 5.65 Å². The summed E-state index contributed by atoms with van der Waals surface area (Å²) in [5.41, 5.74) is 2.78. The highest BCUT2D eigenvalue weighted by molar-refractivity contribution is 5.61. The molecule has 0 bridgehead atoms. The van der Waals surface area contributed by atoms with Gasteiger partial charge in [-0.3, -0.25) is 4.40 Å². The zero-order chi connectivity index (χ0) is 14.8. The first kappa shape index (κ1) is 12.5. The van der Waals surface area contributed by atoms with Gasteiger partial charge in [-0.1, -0.05) is 24.3 Å². The standard InChI is InChI=1S/C17H12N4O/c1-2-5-14(6-3-1)22-17-19-11-13(12-20-17)15-7-4-8-16-18-9-10-21(15)16/h1-12H. The summed E-state index contributed by atoms with van der Waals surface area (Å²) in [6.07, 6.45) is 7.19. The molecule has 0 fully saturated rings. The predicted molar refractivity (Wildman–Crippen MR) is 82.7 cm³/mol. The first-order valence-corrected chi connectivity index (χ1v) is 6.87. The van der Waals surface area contributed by atoms with Crippen LogP contribution >= 0.6 is 0 Å². The average Bonchev–Trinajstić information content (AvgIpc) is 3.05. The van der Waals surface area contributed by atoms with E-state index in [4.69, 9.17) is 4.74 Å². The minimum atomic E-state index is 0.327. The second-order valence-corrected chi connectivity index (χ2v) is 4.74. The van der Waals surface area contributed by atoms with Gasteiger partial charge < -0.3 is 4.74 Å². The van der Waals surface area contributed by atoms with Crippen molar-refractivity contribution in [2.75, 3.05) is 0 Å². The van der Waals surface area contributed by atoms with Crippen molar-refractivity contribution in [2.24, 2.45) is 0 Å². The Morgan fingerprint density at radius 2 is 1.64 bits per heavy atom. The third kappa shape index (κ3) is 2.29. The molecule has 0 atom stereocenters. The van der Waals surface area contributed by atoms with E-state index in [0.717, 1.165) is 16.9 Å². The fourth-order valence-electron chi connectivity index (χ4n) is 2.28. The molecule has 0 unspecified atom stereocenters. The summed E-state index contributed by atoms with van der Waals surface area (Å²) in [5.74, 6) is 0.715. The largest absolute Gasteiger partial charge is 0.424 e. The van der Waals surface area contributed by atoms with Crippen LogP contribution in [0.25, 0.3) is 16.9 Å². The zero-order valence-corrected chi connectivity index (χ0v) is 11.6. The van der Waals surface area contributed by atoms with Gasteiger partial charge in [0.1, 0.15) is 11.4 Å². The van der Waals surface area contributed by atoms with Crippen molar-refractivity contribution in [2.45, 2.75) is 0 Å². The molecule has 4 aromatic rings. The van der Waals surface area contributed by atoms with Gasteiger partial charge in [0.05, 0.1) is 5.69 Å². The van der Waals surface area contributed by atoms with Crippen molar-refractivity contribution in [3.05, 3.63) is 73.3 Å². The molecule has 5 heteroatoms. The highest BCUT2D eigenvalue weighted by Gasteiger charge is 2.06. The molecule has 1 aromatic carbocycles. The number of ether oxygens (including phenoxy) is 1. The van der Waals surface area contributed by atoms with Gasteiger partial charge in [-0.2, -0.15) is 0 Å². The van der Waals surface area contributed by atoms with Crippen LogP contribution in [0.4, 0.5) is 0 Å². The molecule has 106 valence electrons.